The summed E-state index contributed by atoms with van der Waals surface area (Å²) < 4.78 is 32.3. The summed E-state index contributed by atoms with van der Waals surface area (Å²) in [6.45, 7) is 3.05. The fraction of sp³-hybridized carbons (Fsp3) is 0.286. The average molecular weight is 466 g/mol. The molecule has 0 radical (unpaired) electrons. The summed E-state index contributed by atoms with van der Waals surface area (Å²) in [7, 11) is -3.41. The highest BCUT2D eigenvalue weighted by molar-refractivity contribution is 7.99. The normalized spacial score (nSPS) is 13.4. The van der Waals surface area contributed by atoms with Crippen LogP contribution in [-0.2, 0) is 4.57 Å². The number of phosphoric ester groups is 1. The van der Waals surface area contributed by atoms with Crippen LogP contribution in [0.25, 0.3) is 6.08 Å². The Morgan fingerprint density at radius 3 is 2.74 bits per heavy atom. The van der Waals surface area contributed by atoms with E-state index < -0.39 is 7.82 Å². The number of ether oxygens (including phenoxy) is 3. The van der Waals surface area contributed by atoms with Gasteiger partial charge in [-0.25, -0.2) is 4.57 Å². The molecule has 0 fully saturated rings. The van der Waals surface area contributed by atoms with Gasteiger partial charge in [0.05, 0.1) is 30.8 Å². The molecule has 8 nitrogen and oxygen atoms in total. The lowest BCUT2D eigenvalue weighted by atomic mass is 10.1. The van der Waals surface area contributed by atoms with E-state index in [1.165, 1.54) is 31.4 Å². The van der Waals surface area contributed by atoms with Crippen molar-refractivity contribution in [2.45, 2.75) is 18.2 Å². The Kier molecular flexibility index (Phi) is 7.67. The summed E-state index contributed by atoms with van der Waals surface area (Å²) >= 11 is 1.62. The van der Waals surface area contributed by atoms with Gasteiger partial charge in [0.2, 0.25) is 0 Å². The van der Waals surface area contributed by atoms with Crippen molar-refractivity contribution in [3.05, 3.63) is 47.5 Å². The SMILES string of the molecule is CCCOc1cc2c(cc1C(=O)/C=C/c1ccc(OC)c(OP(=O)(O)O)c1)SCCO2. The number of carbonyl (C=O) groups is 1. The summed E-state index contributed by atoms with van der Waals surface area (Å²) in [5, 5.41) is 0. The molecule has 1 aliphatic rings. The maximum Gasteiger partial charge on any atom is 0.524 e. The molecule has 0 saturated carbocycles. The lowest BCUT2D eigenvalue weighted by Crippen LogP contribution is -2.10. The number of hydrogen-bond acceptors (Lipinski definition) is 7. The largest absolute Gasteiger partial charge is 0.524 e. The molecule has 1 aliphatic heterocycles. The molecule has 0 spiro atoms. The van der Waals surface area contributed by atoms with Crippen molar-refractivity contribution >= 4 is 31.4 Å². The molecule has 3 rings (SSSR count). The number of phosphoric acid groups is 1. The van der Waals surface area contributed by atoms with Gasteiger partial charge < -0.3 is 18.7 Å². The standard InChI is InChI=1S/C21H23O8PS/c1-3-8-27-18-13-20-21(31-10-9-28-20)12-15(18)16(22)6-4-14-5-7-17(26-2)19(11-14)29-30(23,24)25/h4-7,11-13H,3,8-10H2,1-2H3,(H2,23,24,25)/b6-4+. The van der Waals surface area contributed by atoms with E-state index in [1.54, 1.807) is 30.0 Å². The number of carbonyl (C=O) groups excluding carboxylic acids is 1. The first kappa shape index (κ1) is 23.2. The molecular weight excluding hydrogens is 443 g/mol. The fourth-order valence-corrected chi connectivity index (χ4v) is 4.10. The van der Waals surface area contributed by atoms with Gasteiger partial charge in [-0.1, -0.05) is 19.1 Å². The lowest BCUT2D eigenvalue weighted by Gasteiger charge is -2.19. The number of ketones is 1. The van der Waals surface area contributed by atoms with E-state index in [4.69, 9.17) is 24.0 Å². The molecule has 0 unspecified atom stereocenters. The Hall–Kier alpha value is -2.45. The molecule has 0 saturated heterocycles. The zero-order valence-corrected chi connectivity index (χ0v) is 18.8. The molecule has 31 heavy (non-hydrogen) atoms. The van der Waals surface area contributed by atoms with Crippen LogP contribution >= 0.6 is 19.6 Å². The Labute approximate surface area is 184 Å². The lowest BCUT2D eigenvalue weighted by molar-refractivity contribution is 0.104. The molecule has 2 aromatic carbocycles. The smallest absolute Gasteiger partial charge is 0.493 e. The first-order valence-corrected chi connectivity index (χ1v) is 12.0. The highest BCUT2D eigenvalue weighted by Crippen LogP contribution is 2.42. The zero-order chi connectivity index (χ0) is 22.4. The summed E-state index contributed by atoms with van der Waals surface area (Å²) in [5.41, 5.74) is 0.922. The zero-order valence-electron chi connectivity index (χ0n) is 17.1. The molecule has 0 bridgehead atoms. The summed E-state index contributed by atoms with van der Waals surface area (Å²) in [6, 6.07) is 8.04. The Balaban J connectivity index is 1.88. The first-order chi connectivity index (χ1) is 14.8. The van der Waals surface area contributed by atoms with Gasteiger partial charge in [-0.3, -0.25) is 14.6 Å². The van der Waals surface area contributed by atoms with Crippen LogP contribution in [-0.4, -0.2) is 41.6 Å². The summed E-state index contributed by atoms with van der Waals surface area (Å²) in [6.07, 6.45) is 3.70. The van der Waals surface area contributed by atoms with E-state index in [-0.39, 0.29) is 17.3 Å². The molecular formula is C21H23O8PS. The van der Waals surface area contributed by atoms with Gasteiger partial charge in [0.25, 0.3) is 0 Å². The molecule has 0 atom stereocenters. The number of benzene rings is 2. The van der Waals surface area contributed by atoms with Crippen LogP contribution in [0, 0.1) is 0 Å². The molecule has 0 amide bonds. The van der Waals surface area contributed by atoms with Crippen molar-refractivity contribution in [1.29, 1.82) is 0 Å². The predicted octanol–water partition coefficient (Wildman–Crippen LogP) is 4.34. The number of fused-ring (bicyclic) bond motifs is 1. The van der Waals surface area contributed by atoms with Crippen LogP contribution in [0.15, 0.2) is 41.3 Å². The first-order valence-electron chi connectivity index (χ1n) is 9.52. The van der Waals surface area contributed by atoms with Gasteiger partial charge >= 0.3 is 7.82 Å². The van der Waals surface area contributed by atoms with Crippen molar-refractivity contribution in [3.8, 4) is 23.0 Å². The van der Waals surface area contributed by atoms with Gasteiger partial charge in [-0.15, -0.1) is 11.8 Å². The van der Waals surface area contributed by atoms with E-state index in [0.29, 0.717) is 35.8 Å². The maximum atomic E-state index is 12.9. The molecule has 2 aromatic rings. The van der Waals surface area contributed by atoms with Gasteiger partial charge in [0, 0.05) is 11.8 Å². The van der Waals surface area contributed by atoms with E-state index >= 15 is 0 Å². The minimum atomic E-state index is -4.76. The quantitative estimate of drug-likeness (QED) is 0.317. The molecule has 166 valence electrons. The second-order valence-electron chi connectivity index (χ2n) is 6.53. The molecule has 1 heterocycles. The Morgan fingerprint density at radius 2 is 2.03 bits per heavy atom. The van der Waals surface area contributed by atoms with E-state index in [2.05, 4.69) is 4.52 Å². The highest BCUT2D eigenvalue weighted by Gasteiger charge is 2.20. The van der Waals surface area contributed by atoms with Crippen LogP contribution in [0.5, 0.6) is 23.0 Å². The Bertz CT molecular complexity index is 1030. The van der Waals surface area contributed by atoms with E-state index in [1.807, 2.05) is 6.92 Å². The summed E-state index contributed by atoms with van der Waals surface area (Å²) in [5.74, 6) is 1.73. The van der Waals surface area contributed by atoms with Gasteiger partial charge in [0.15, 0.2) is 17.3 Å². The van der Waals surface area contributed by atoms with Crippen LogP contribution in [0.1, 0.15) is 29.3 Å². The minimum Gasteiger partial charge on any atom is -0.493 e. The molecule has 10 heteroatoms. The maximum absolute atomic E-state index is 12.9. The Morgan fingerprint density at radius 1 is 1.23 bits per heavy atom. The number of allylic oxidation sites excluding steroid dienone is 1. The minimum absolute atomic E-state index is 0.125. The predicted molar refractivity (Wildman–Crippen MR) is 117 cm³/mol. The van der Waals surface area contributed by atoms with Crippen molar-refractivity contribution in [2.24, 2.45) is 0 Å². The number of rotatable bonds is 9. The molecule has 0 aliphatic carbocycles. The second-order valence-corrected chi connectivity index (χ2v) is 8.83. The third-order valence-corrected chi connectivity index (χ3v) is 5.64. The van der Waals surface area contributed by atoms with Gasteiger partial charge in [-0.2, -0.15) is 0 Å². The third kappa shape index (κ3) is 6.27. The van der Waals surface area contributed by atoms with Crippen molar-refractivity contribution in [1.82, 2.24) is 0 Å². The van der Waals surface area contributed by atoms with Crippen molar-refractivity contribution in [2.75, 3.05) is 26.1 Å². The average Bonchev–Trinajstić information content (AvgIpc) is 2.74. The number of hydrogen-bond donors (Lipinski definition) is 2. The van der Waals surface area contributed by atoms with Gasteiger partial charge in [0.1, 0.15) is 11.5 Å². The van der Waals surface area contributed by atoms with Crippen LogP contribution < -0.4 is 18.7 Å². The van der Waals surface area contributed by atoms with Crippen LogP contribution in [0.3, 0.4) is 0 Å². The van der Waals surface area contributed by atoms with Crippen molar-refractivity contribution in [3.63, 3.8) is 0 Å². The summed E-state index contributed by atoms with van der Waals surface area (Å²) in [4.78, 5) is 32.0. The second kappa shape index (κ2) is 10.2. The molecule has 0 aromatic heterocycles. The monoisotopic (exact) mass is 466 g/mol. The fourth-order valence-electron chi connectivity index (χ4n) is 2.85. The third-order valence-electron chi connectivity index (χ3n) is 4.20. The highest BCUT2D eigenvalue weighted by atomic mass is 32.2. The van der Waals surface area contributed by atoms with E-state index in [0.717, 1.165) is 17.1 Å². The van der Waals surface area contributed by atoms with Crippen molar-refractivity contribution < 1.29 is 37.9 Å². The van der Waals surface area contributed by atoms with E-state index in [9.17, 15) is 9.36 Å². The van der Waals surface area contributed by atoms with Crippen LogP contribution in [0.2, 0.25) is 0 Å². The van der Waals surface area contributed by atoms with Gasteiger partial charge in [-0.05, 0) is 36.3 Å². The number of methoxy groups -OCH3 is 1. The molecule has 2 N–H and O–H groups in total. The number of thioether (sulfide) groups is 1. The topological polar surface area (TPSA) is 112 Å². The van der Waals surface area contributed by atoms with Crippen LogP contribution in [0.4, 0.5) is 0 Å².